The maximum Gasteiger partial charge on any atom is 0.321 e. The van der Waals surface area contributed by atoms with Gasteiger partial charge in [-0.15, -0.1) is 0 Å². The number of amides is 4. The molecule has 1 unspecified atom stereocenters. The Balaban J connectivity index is 1.37. The van der Waals surface area contributed by atoms with Gasteiger partial charge in [0.15, 0.2) is 0 Å². The number of urea groups is 1. The summed E-state index contributed by atoms with van der Waals surface area (Å²) in [7, 11) is 0. The van der Waals surface area contributed by atoms with Crippen molar-refractivity contribution in [1.82, 2.24) is 15.5 Å². The van der Waals surface area contributed by atoms with Crippen LogP contribution in [0.15, 0.2) is 54.6 Å². The quantitative estimate of drug-likeness (QED) is 0.642. The van der Waals surface area contributed by atoms with E-state index in [-0.39, 0.29) is 23.8 Å². The zero-order valence-electron chi connectivity index (χ0n) is 17.4. The first-order valence-corrected chi connectivity index (χ1v) is 10.4. The Kier molecular flexibility index (Phi) is 7.59. The molecule has 1 fully saturated rings. The lowest BCUT2D eigenvalue weighted by atomic mass is 9.97. The summed E-state index contributed by atoms with van der Waals surface area (Å²) >= 11 is 0. The lowest BCUT2D eigenvalue weighted by Gasteiger charge is -2.32. The Bertz CT molecular complexity index is 897. The van der Waals surface area contributed by atoms with Gasteiger partial charge in [0.1, 0.15) is 5.82 Å². The molecule has 2 aromatic carbocycles. The topological polar surface area (TPSA) is 90.5 Å². The monoisotopic (exact) mass is 426 g/mol. The normalized spacial score (nSPS) is 15.1. The van der Waals surface area contributed by atoms with E-state index in [0.717, 1.165) is 18.4 Å². The highest BCUT2D eigenvalue weighted by Crippen LogP contribution is 2.18. The van der Waals surface area contributed by atoms with Crippen LogP contribution in [0, 0.1) is 11.7 Å². The van der Waals surface area contributed by atoms with Gasteiger partial charge in [-0.25, -0.2) is 9.18 Å². The van der Waals surface area contributed by atoms with E-state index in [0.29, 0.717) is 25.3 Å². The van der Waals surface area contributed by atoms with Gasteiger partial charge in [0.2, 0.25) is 0 Å². The molecule has 7 nitrogen and oxygen atoms in total. The molecular formula is C23H27FN4O3. The van der Waals surface area contributed by atoms with E-state index in [1.807, 2.05) is 37.3 Å². The summed E-state index contributed by atoms with van der Waals surface area (Å²) in [5.74, 6) is -1.48. The molecule has 31 heavy (non-hydrogen) atoms. The summed E-state index contributed by atoms with van der Waals surface area (Å²) in [6, 6.07) is 14.6. The van der Waals surface area contributed by atoms with Crippen LogP contribution in [0.5, 0.6) is 0 Å². The summed E-state index contributed by atoms with van der Waals surface area (Å²) in [5, 5.41) is 8.14. The maximum absolute atomic E-state index is 13.0. The SMILES string of the molecule is CC(NC(=O)C(=O)NCC1CCN(C(=O)Nc2ccc(F)cc2)CC1)c1ccccc1. The highest BCUT2D eigenvalue weighted by atomic mass is 19.1. The van der Waals surface area contributed by atoms with Gasteiger partial charge >= 0.3 is 17.8 Å². The molecule has 0 aromatic heterocycles. The molecule has 8 heteroatoms. The fourth-order valence-corrected chi connectivity index (χ4v) is 3.48. The first-order chi connectivity index (χ1) is 14.9. The number of carbonyl (C=O) groups is 3. The second kappa shape index (κ2) is 10.6. The molecule has 164 valence electrons. The predicted molar refractivity (Wildman–Crippen MR) is 116 cm³/mol. The molecule has 1 aliphatic heterocycles. The van der Waals surface area contributed by atoms with Crippen molar-refractivity contribution >= 4 is 23.5 Å². The zero-order chi connectivity index (χ0) is 22.2. The highest BCUT2D eigenvalue weighted by Gasteiger charge is 2.24. The molecule has 3 N–H and O–H groups in total. The van der Waals surface area contributed by atoms with Crippen LogP contribution in [0.2, 0.25) is 0 Å². The van der Waals surface area contributed by atoms with Gasteiger partial charge < -0.3 is 20.9 Å². The number of rotatable bonds is 5. The third-order valence-electron chi connectivity index (χ3n) is 5.40. The van der Waals surface area contributed by atoms with E-state index in [1.165, 1.54) is 24.3 Å². The van der Waals surface area contributed by atoms with Crippen molar-refractivity contribution in [3.63, 3.8) is 0 Å². The standard InChI is InChI=1S/C23H27FN4O3/c1-16(18-5-3-2-4-6-18)26-22(30)21(29)25-15-17-11-13-28(14-12-17)23(31)27-20-9-7-19(24)8-10-20/h2-10,16-17H,11-15H2,1H3,(H,25,29)(H,26,30)(H,27,31). The van der Waals surface area contributed by atoms with Crippen molar-refractivity contribution in [1.29, 1.82) is 0 Å². The molecule has 0 bridgehead atoms. The van der Waals surface area contributed by atoms with E-state index in [9.17, 15) is 18.8 Å². The summed E-state index contributed by atoms with van der Waals surface area (Å²) < 4.78 is 13.0. The van der Waals surface area contributed by atoms with Crippen molar-refractivity contribution in [3.05, 3.63) is 66.0 Å². The molecule has 1 aliphatic rings. The van der Waals surface area contributed by atoms with E-state index < -0.39 is 11.8 Å². The molecule has 1 saturated heterocycles. The number of carbonyl (C=O) groups excluding carboxylic acids is 3. The fourth-order valence-electron chi connectivity index (χ4n) is 3.48. The van der Waals surface area contributed by atoms with Crippen LogP contribution in [0.3, 0.4) is 0 Å². The Morgan fingerprint density at radius 3 is 2.29 bits per heavy atom. The lowest BCUT2D eigenvalue weighted by molar-refractivity contribution is -0.139. The zero-order valence-corrected chi connectivity index (χ0v) is 17.4. The van der Waals surface area contributed by atoms with E-state index >= 15 is 0 Å². The van der Waals surface area contributed by atoms with Crippen LogP contribution < -0.4 is 16.0 Å². The molecule has 2 aromatic rings. The number of likely N-dealkylation sites (tertiary alicyclic amines) is 1. The first-order valence-electron chi connectivity index (χ1n) is 10.4. The summed E-state index contributed by atoms with van der Waals surface area (Å²) in [4.78, 5) is 38.3. The summed E-state index contributed by atoms with van der Waals surface area (Å²) in [5.41, 5.74) is 1.46. The average molecular weight is 426 g/mol. The van der Waals surface area contributed by atoms with Crippen molar-refractivity contribution < 1.29 is 18.8 Å². The Labute approximate surface area is 181 Å². The van der Waals surface area contributed by atoms with Crippen LogP contribution >= 0.6 is 0 Å². The molecular weight excluding hydrogens is 399 g/mol. The van der Waals surface area contributed by atoms with Crippen molar-refractivity contribution in [3.8, 4) is 0 Å². The highest BCUT2D eigenvalue weighted by molar-refractivity contribution is 6.35. The predicted octanol–water partition coefficient (Wildman–Crippen LogP) is 3.06. The van der Waals surface area contributed by atoms with Gasteiger partial charge in [-0.1, -0.05) is 30.3 Å². The number of nitrogens with one attached hydrogen (secondary N) is 3. The molecule has 4 amide bonds. The molecule has 0 saturated carbocycles. The van der Waals surface area contributed by atoms with Crippen LogP contribution in [0.25, 0.3) is 0 Å². The number of hydrogen-bond acceptors (Lipinski definition) is 3. The molecule has 1 heterocycles. The van der Waals surface area contributed by atoms with Crippen LogP contribution in [-0.4, -0.2) is 42.4 Å². The maximum atomic E-state index is 13.0. The second-order valence-corrected chi connectivity index (χ2v) is 7.68. The van der Waals surface area contributed by atoms with Gasteiger partial charge in [-0.2, -0.15) is 0 Å². The van der Waals surface area contributed by atoms with Crippen LogP contribution in [0.4, 0.5) is 14.9 Å². The smallest absolute Gasteiger partial charge is 0.321 e. The Hall–Kier alpha value is -3.42. The van der Waals surface area contributed by atoms with E-state index in [1.54, 1.807) is 4.90 Å². The third kappa shape index (κ3) is 6.53. The minimum absolute atomic E-state index is 0.193. The largest absolute Gasteiger partial charge is 0.348 e. The Morgan fingerprint density at radius 2 is 1.65 bits per heavy atom. The minimum Gasteiger partial charge on any atom is -0.348 e. The summed E-state index contributed by atoms with van der Waals surface area (Å²) in [6.07, 6.45) is 1.44. The third-order valence-corrected chi connectivity index (χ3v) is 5.40. The van der Waals surface area contributed by atoms with Gasteiger partial charge in [0, 0.05) is 25.3 Å². The average Bonchev–Trinajstić information content (AvgIpc) is 2.79. The Morgan fingerprint density at radius 1 is 1.00 bits per heavy atom. The van der Waals surface area contributed by atoms with Gasteiger partial charge in [0.05, 0.1) is 6.04 Å². The van der Waals surface area contributed by atoms with Gasteiger partial charge in [-0.05, 0) is 55.5 Å². The number of piperidine rings is 1. The fraction of sp³-hybridized carbons (Fsp3) is 0.348. The molecule has 3 rings (SSSR count). The van der Waals surface area contributed by atoms with E-state index in [2.05, 4.69) is 16.0 Å². The second-order valence-electron chi connectivity index (χ2n) is 7.68. The number of hydrogen-bond donors (Lipinski definition) is 3. The van der Waals surface area contributed by atoms with Crippen molar-refractivity contribution in [2.24, 2.45) is 5.92 Å². The lowest BCUT2D eigenvalue weighted by Crippen LogP contribution is -2.46. The van der Waals surface area contributed by atoms with Crippen molar-refractivity contribution in [2.75, 3.05) is 25.0 Å². The molecule has 0 radical (unpaired) electrons. The number of benzene rings is 2. The van der Waals surface area contributed by atoms with Gasteiger partial charge in [0.25, 0.3) is 0 Å². The van der Waals surface area contributed by atoms with Crippen LogP contribution in [-0.2, 0) is 9.59 Å². The van der Waals surface area contributed by atoms with Crippen molar-refractivity contribution in [2.45, 2.75) is 25.8 Å². The number of nitrogens with zero attached hydrogens (tertiary/aromatic N) is 1. The molecule has 0 aliphatic carbocycles. The molecule has 1 atom stereocenters. The minimum atomic E-state index is -0.660. The van der Waals surface area contributed by atoms with Crippen LogP contribution in [0.1, 0.15) is 31.4 Å². The first kappa shape index (κ1) is 22.3. The molecule has 0 spiro atoms. The summed E-state index contributed by atoms with van der Waals surface area (Å²) in [6.45, 7) is 3.31. The van der Waals surface area contributed by atoms with E-state index in [4.69, 9.17) is 0 Å². The number of halogens is 1. The number of anilines is 1. The van der Waals surface area contributed by atoms with Gasteiger partial charge in [-0.3, -0.25) is 9.59 Å².